The van der Waals surface area contributed by atoms with E-state index in [1.54, 1.807) is 6.08 Å². The van der Waals surface area contributed by atoms with Gasteiger partial charge in [0.15, 0.2) is 11.5 Å². The highest BCUT2D eigenvalue weighted by atomic mass is 32.2. The smallest absolute Gasteiger partial charge is 0.293 e. The van der Waals surface area contributed by atoms with Gasteiger partial charge in [0.25, 0.3) is 11.1 Å². The van der Waals surface area contributed by atoms with Gasteiger partial charge in [0.2, 0.25) is 5.91 Å². The Hall–Kier alpha value is -3.26. The molecule has 0 bridgehead atoms. The normalized spacial score (nSPS) is 14.6. The van der Waals surface area contributed by atoms with Crippen LogP contribution in [0.3, 0.4) is 0 Å². The predicted molar refractivity (Wildman–Crippen MR) is 129 cm³/mol. The Bertz CT molecular complexity index is 1020. The van der Waals surface area contributed by atoms with Crippen LogP contribution in [0.5, 0.6) is 11.5 Å². The van der Waals surface area contributed by atoms with Gasteiger partial charge < -0.3 is 14.8 Å². The van der Waals surface area contributed by atoms with E-state index in [1.807, 2.05) is 62.4 Å². The van der Waals surface area contributed by atoms with Crippen LogP contribution in [0.25, 0.3) is 6.08 Å². The second kappa shape index (κ2) is 12.1. The first-order valence-electron chi connectivity index (χ1n) is 10.9. The van der Waals surface area contributed by atoms with E-state index < -0.39 is 0 Å². The molecule has 0 radical (unpaired) electrons. The van der Waals surface area contributed by atoms with Gasteiger partial charge in [-0.2, -0.15) is 0 Å². The van der Waals surface area contributed by atoms with Crippen LogP contribution >= 0.6 is 11.8 Å². The number of aryl methyl sites for hydroxylation is 1. The number of hydrogen-bond acceptors (Lipinski definition) is 6. The van der Waals surface area contributed by atoms with E-state index in [9.17, 15) is 14.4 Å². The van der Waals surface area contributed by atoms with E-state index in [0.29, 0.717) is 36.0 Å². The quantitative estimate of drug-likeness (QED) is 0.389. The molecule has 1 aliphatic heterocycles. The second-order valence-electron chi connectivity index (χ2n) is 7.43. The number of carbonyl (C=O) groups is 3. The van der Waals surface area contributed by atoms with Crippen LogP contribution in [-0.2, 0) is 9.59 Å². The van der Waals surface area contributed by atoms with Crippen molar-refractivity contribution >= 4 is 34.9 Å². The van der Waals surface area contributed by atoms with Gasteiger partial charge in [-0.1, -0.05) is 42.0 Å². The van der Waals surface area contributed by atoms with E-state index in [0.717, 1.165) is 22.9 Å². The summed E-state index contributed by atoms with van der Waals surface area (Å²) in [5, 5.41) is 2.43. The molecule has 2 aromatic carbocycles. The largest absolute Gasteiger partial charge is 0.490 e. The number of para-hydroxylation sites is 2. The molecule has 8 heteroatoms. The van der Waals surface area contributed by atoms with Crippen LogP contribution in [0.1, 0.15) is 30.9 Å². The summed E-state index contributed by atoms with van der Waals surface area (Å²) in [6.45, 7) is 5.17. The fourth-order valence-corrected chi connectivity index (χ4v) is 4.03. The van der Waals surface area contributed by atoms with Crippen LogP contribution in [0.4, 0.5) is 4.79 Å². The topological polar surface area (TPSA) is 84.9 Å². The molecule has 0 saturated carbocycles. The number of rotatable bonds is 11. The Morgan fingerprint density at radius 3 is 2.45 bits per heavy atom. The highest BCUT2D eigenvalue weighted by Gasteiger charge is 2.34. The molecular formula is C25H28N2O5S. The lowest BCUT2D eigenvalue weighted by Crippen LogP contribution is -2.37. The molecule has 1 saturated heterocycles. The van der Waals surface area contributed by atoms with E-state index in [1.165, 1.54) is 4.90 Å². The standard InChI is InChI=1S/C25H28N2O5S/c1-3-31-20-7-4-5-8-21(20)32-16-6-9-23(28)26-14-15-27-24(29)22(33-25(27)30)17-19-12-10-18(2)11-13-19/h4-5,7-8,10-13,17H,3,6,9,14-16H2,1-2H3,(H,26,28). The molecule has 1 heterocycles. The van der Waals surface area contributed by atoms with Crippen molar-refractivity contribution in [3.63, 3.8) is 0 Å². The molecule has 7 nitrogen and oxygen atoms in total. The number of amides is 3. The summed E-state index contributed by atoms with van der Waals surface area (Å²) in [7, 11) is 0. The van der Waals surface area contributed by atoms with Gasteiger partial charge in [0, 0.05) is 19.5 Å². The molecule has 33 heavy (non-hydrogen) atoms. The number of hydrogen-bond donors (Lipinski definition) is 1. The SMILES string of the molecule is CCOc1ccccc1OCCCC(=O)NCCN1C(=O)SC(=Cc2ccc(C)cc2)C1=O. The van der Waals surface area contributed by atoms with Gasteiger partial charge in [-0.3, -0.25) is 19.3 Å². The summed E-state index contributed by atoms with van der Waals surface area (Å²) in [5.74, 6) is 0.843. The van der Waals surface area contributed by atoms with E-state index in [-0.39, 0.29) is 36.6 Å². The van der Waals surface area contributed by atoms with Crippen molar-refractivity contribution < 1.29 is 23.9 Å². The van der Waals surface area contributed by atoms with E-state index >= 15 is 0 Å². The summed E-state index contributed by atoms with van der Waals surface area (Å²) in [6, 6.07) is 15.1. The minimum atomic E-state index is -0.332. The molecule has 174 valence electrons. The number of benzene rings is 2. The van der Waals surface area contributed by atoms with Crippen LogP contribution in [0, 0.1) is 6.92 Å². The predicted octanol–water partition coefficient (Wildman–Crippen LogP) is 4.41. The molecule has 0 aliphatic carbocycles. The maximum absolute atomic E-state index is 12.6. The van der Waals surface area contributed by atoms with E-state index in [4.69, 9.17) is 9.47 Å². The molecule has 0 spiro atoms. The molecule has 0 atom stereocenters. The average molecular weight is 469 g/mol. The monoisotopic (exact) mass is 468 g/mol. The van der Waals surface area contributed by atoms with Crippen LogP contribution in [0.2, 0.25) is 0 Å². The molecule has 1 fully saturated rings. The highest BCUT2D eigenvalue weighted by molar-refractivity contribution is 8.18. The number of nitrogens with one attached hydrogen (secondary N) is 1. The number of thioether (sulfide) groups is 1. The summed E-state index contributed by atoms with van der Waals surface area (Å²) >= 11 is 0.918. The zero-order valence-electron chi connectivity index (χ0n) is 18.8. The van der Waals surface area contributed by atoms with Crippen molar-refractivity contribution in [2.45, 2.75) is 26.7 Å². The first-order chi connectivity index (χ1) is 16.0. The van der Waals surface area contributed by atoms with Crippen molar-refractivity contribution in [3.8, 4) is 11.5 Å². The minimum absolute atomic E-state index is 0.139. The zero-order chi connectivity index (χ0) is 23.6. The fourth-order valence-electron chi connectivity index (χ4n) is 3.16. The zero-order valence-corrected chi connectivity index (χ0v) is 19.7. The summed E-state index contributed by atoms with van der Waals surface area (Å²) < 4.78 is 11.2. The van der Waals surface area contributed by atoms with Crippen molar-refractivity contribution in [3.05, 3.63) is 64.6 Å². The second-order valence-corrected chi connectivity index (χ2v) is 8.42. The highest BCUT2D eigenvalue weighted by Crippen LogP contribution is 2.32. The lowest BCUT2D eigenvalue weighted by atomic mass is 10.1. The number of ether oxygens (including phenoxy) is 2. The fraction of sp³-hybridized carbons (Fsp3) is 0.320. The Morgan fingerprint density at radius 2 is 1.76 bits per heavy atom. The average Bonchev–Trinajstić information content (AvgIpc) is 3.07. The maximum Gasteiger partial charge on any atom is 0.293 e. The molecule has 2 aromatic rings. The number of carbonyl (C=O) groups excluding carboxylic acids is 3. The number of nitrogens with zero attached hydrogens (tertiary/aromatic N) is 1. The Labute approximate surface area is 198 Å². The third kappa shape index (κ3) is 7.12. The maximum atomic E-state index is 12.6. The molecule has 0 aromatic heterocycles. The van der Waals surface area contributed by atoms with E-state index in [2.05, 4.69) is 5.32 Å². The Balaban J connectivity index is 1.38. The molecule has 1 aliphatic rings. The van der Waals surface area contributed by atoms with Gasteiger partial charge >= 0.3 is 0 Å². The van der Waals surface area contributed by atoms with Crippen molar-refractivity contribution in [1.82, 2.24) is 10.2 Å². The van der Waals surface area contributed by atoms with Gasteiger partial charge in [0.1, 0.15) is 0 Å². The first-order valence-corrected chi connectivity index (χ1v) is 11.7. The Morgan fingerprint density at radius 1 is 1.06 bits per heavy atom. The molecule has 3 amide bonds. The third-order valence-electron chi connectivity index (χ3n) is 4.86. The van der Waals surface area contributed by atoms with Crippen molar-refractivity contribution in [1.29, 1.82) is 0 Å². The molecule has 3 rings (SSSR count). The van der Waals surface area contributed by atoms with Crippen LogP contribution in [-0.4, -0.2) is 48.3 Å². The van der Waals surface area contributed by atoms with Crippen molar-refractivity contribution in [2.24, 2.45) is 0 Å². The lowest BCUT2D eigenvalue weighted by molar-refractivity contribution is -0.124. The number of imide groups is 1. The minimum Gasteiger partial charge on any atom is -0.490 e. The Kier molecular flexibility index (Phi) is 8.95. The summed E-state index contributed by atoms with van der Waals surface area (Å²) in [4.78, 5) is 38.4. The van der Waals surface area contributed by atoms with Crippen LogP contribution in [0.15, 0.2) is 53.4 Å². The van der Waals surface area contributed by atoms with Crippen molar-refractivity contribution in [2.75, 3.05) is 26.3 Å². The van der Waals surface area contributed by atoms with Crippen LogP contribution < -0.4 is 14.8 Å². The summed E-state index contributed by atoms with van der Waals surface area (Å²) in [6.07, 6.45) is 2.53. The van der Waals surface area contributed by atoms with Gasteiger partial charge in [-0.15, -0.1) is 0 Å². The first kappa shape index (κ1) is 24.4. The van der Waals surface area contributed by atoms with Gasteiger partial charge in [-0.05, 0) is 55.8 Å². The van der Waals surface area contributed by atoms with Gasteiger partial charge in [0.05, 0.1) is 18.1 Å². The summed E-state index contributed by atoms with van der Waals surface area (Å²) in [5.41, 5.74) is 1.99. The molecule has 0 unspecified atom stereocenters. The lowest BCUT2D eigenvalue weighted by Gasteiger charge is -2.13. The molecule has 1 N–H and O–H groups in total. The third-order valence-corrected chi connectivity index (χ3v) is 5.77. The molecular weight excluding hydrogens is 440 g/mol. The van der Waals surface area contributed by atoms with Gasteiger partial charge in [-0.25, -0.2) is 0 Å².